The van der Waals surface area contributed by atoms with Crippen LogP contribution in [0, 0.1) is 16.7 Å². The zero-order valence-electron chi connectivity index (χ0n) is 14.5. The Morgan fingerprint density at radius 3 is 2.71 bits per heavy atom. The summed E-state index contributed by atoms with van der Waals surface area (Å²) >= 11 is 0. The van der Waals surface area contributed by atoms with E-state index in [1.807, 2.05) is 22.9 Å². The van der Waals surface area contributed by atoms with Crippen molar-refractivity contribution in [3.63, 3.8) is 0 Å². The van der Waals surface area contributed by atoms with E-state index in [9.17, 15) is 4.79 Å². The summed E-state index contributed by atoms with van der Waals surface area (Å²) in [5.41, 5.74) is 1.11. The van der Waals surface area contributed by atoms with Crippen molar-refractivity contribution in [2.75, 3.05) is 0 Å². The molecule has 5 nitrogen and oxygen atoms in total. The van der Waals surface area contributed by atoms with E-state index in [0.29, 0.717) is 11.0 Å². The lowest BCUT2D eigenvalue weighted by Gasteiger charge is -2.39. The summed E-state index contributed by atoms with van der Waals surface area (Å²) in [7, 11) is 0. The lowest BCUT2D eigenvalue weighted by Crippen LogP contribution is -2.46. The molecule has 0 spiro atoms. The second kappa shape index (κ2) is 5.16. The number of hydrogen-bond donors (Lipinski definition) is 1. The van der Waals surface area contributed by atoms with Crippen LogP contribution in [0.1, 0.15) is 50.4 Å². The van der Waals surface area contributed by atoms with Gasteiger partial charge in [0.15, 0.2) is 0 Å². The van der Waals surface area contributed by atoms with Crippen molar-refractivity contribution < 1.29 is 4.79 Å². The van der Waals surface area contributed by atoms with Gasteiger partial charge >= 0.3 is 0 Å². The molecule has 2 aliphatic carbocycles. The van der Waals surface area contributed by atoms with Crippen LogP contribution in [0.4, 0.5) is 0 Å². The van der Waals surface area contributed by atoms with E-state index < -0.39 is 0 Å². The van der Waals surface area contributed by atoms with Gasteiger partial charge in [-0.2, -0.15) is 0 Å². The van der Waals surface area contributed by atoms with E-state index >= 15 is 0 Å². The van der Waals surface area contributed by atoms with Crippen LogP contribution in [-0.4, -0.2) is 26.5 Å². The number of hydrogen-bond acceptors (Lipinski definition) is 3. The maximum absolute atomic E-state index is 12.7. The fourth-order valence-corrected chi connectivity index (χ4v) is 4.73. The molecule has 3 atom stereocenters. The van der Waals surface area contributed by atoms with Gasteiger partial charge < -0.3 is 5.32 Å². The SMILES string of the molecule is CC1(C)[C@H]2CC[C@@]1(C)[C@@H](NC(=O)c1ccc(-n3ccnc3)nc1)C2. The van der Waals surface area contributed by atoms with Crippen LogP contribution in [-0.2, 0) is 0 Å². The number of aromatic nitrogens is 3. The minimum absolute atomic E-state index is 0.0192. The van der Waals surface area contributed by atoms with E-state index in [2.05, 4.69) is 36.1 Å². The zero-order valence-corrected chi connectivity index (χ0v) is 14.5. The molecule has 2 heterocycles. The van der Waals surface area contributed by atoms with Gasteiger partial charge in [-0.1, -0.05) is 20.8 Å². The van der Waals surface area contributed by atoms with E-state index in [1.54, 1.807) is 18.7 Å². The van der Waals surface area contributed by atoms with Crippen molar-refractivity contribution in [3.05, 3.63) is 42.6 Å². The van der Waals surface area contributed by atoms with Crippen molar-refractivity contribution >= 4 is 5.91 Å². The minimum Gasteiger partial charge on any atom is -0.349 e. The fraction of sp³-hybridized carbons (Fsp3) is 0.526. The Kier molecular flexibility index (Phi) is 3.31. The van der Waals surface area contributed by atoms with Crippen LogP contribution >= 0.6 is 0 Å². The standard InChI is InChI=1S/C19H24N4O/c1-18(2)14-6-7-19(18,3)15(10-14)22-17(24)13-4-5-16(21-11-13)23-9-8-20-12-23/h4-5,8-9,11-12,14-15H,6-7,10H2,1-3H3,(H,22,24)/t14-,15-,19-/m0/s1. The van der Waals surface area contributed by atoms with Gasteiger partial charge in [-0.05, 0) is 48.1 Å². The number of pyridine rings is 1. The van der Waals surface area contributed by atoms with E-state index in [-0.39, 0.29) is 17.4 Å². The predicted octanol–water partition coefficient (Wildman–Crippen LogP) is 3.21. The summed E-state index contributed by atoms with van der Waals surface area (Å²) < 4.78 is 1.82. The van der Waals surface area contributed by atoms with Crippen molar-refractivity contribution in [1.82, 2.24) is 19.9 Å². The number of carbonyl (C=O) groups is 1. The number of nitrogens with zero attached hydrogens (tertiary/aromatic N) is 3. The number of amides is 1. The third-order valence-electron chi connectivity index (χ3n) is 6.88. The Morgan fingerprint density at radius 1 is 1.33 bits per heavy atom. The number of rotatable bonds is 3. The highest BCUT2D eigenvalue weighted by molar-refractivity contribution is 5.94. The molecule has 126 valence electrons. The molecule has 2 aromatic rings. The largest absolute Gasteiger partial charge is 0.349 e. The maximum Gasteiger partial charge on any atom is 0.253 e. The van der Waals surface area contributed by atoms with Crippen LogP contribution in [0.15, 0.2) is 37.1 Å². The molecule has 1 N–H and O–H groups in total. The van der Waals surface area contributed by atoms with Crippen LogP contribution in [0.25, 0.3) is 5.82 Å². The van der Waals surface area contributed by atoms with Gasteiger partial charge in [0.1, 0.15) is 12.1 Å². The molecule has 2 fully saturated rings. The first-order chi connectivity index (χ1) is 11.4. The Hall–Kier alpha value is -2.17. The van der Waals surface area contributed by atoms with Gasteiger partial charge in [0, 0.05) is 24.6 Å². The predicted molar refractivity (Wildman–Crippen MR) is 91.8 cm³/mol. The van der Waals surface area contributed by atoms with Gasteiger partial charge in [0.25, 0.3) is 5.91 Å². The quantitative estimate of drug-likeness (QED) is 0.943. The normalized spacial score (nSPS) is 30.5. The molecule has 5 heteroatoms. The lowest BCUT2D eigenvalue weighted by molar-refractivity contribution is 0.0826. The summed E-state index contributed by atoms with van der Waals surface area (Å²) in [6.07, 6.45) is 10.5. The Morgan fingerprint density at radius 2 is 2.17 bits per heavy atom. The van der Waals surface area contributed by atoms with Gasteiger partial charge in [-0.3, -0.25) is 9.36 Å². The van der Waals surface area contributed by atoms with E-state index in [4.69, 9.17) is 0 Å². The van der Waals surface area contributed by atoms with Crippen LogP contribution < -0.4 is 5.32 Å². The number of nitrogens with one attached hydrogen (secondary N) is 1. The number of fused-ring (bicyclic) bond motifs is 2. The molecule has 4 rings (SSSR count). The molecule has 2 saturated carbocycles. The highest BCUT2D eigenvalue weighted by atomic mass is 16.1. The summed E-state index contributed by atoms with van der Waals surface area (Å²) in [6, 6.07) is 3.94. The monoisotopic (exact) mass is 324 g/mol. The van der Waals surface area contributed by atoms with Crippen LogP contribution in [0.2, 0.25) is 0 Å². The van der Waals surface area contributed by atoms with Gasteiger partial charge in [-0.15, -0.1) is 0 Å². The molecule has 2 aliphatic rings. The van der Waals surface area contributed by atoms with Crippen LogP contribution in [0.5, 0.6) is 0 Å². The molecule has 24 heavy (non-hydrogen) atoms. The Bertz CT molecular complexity index is 750. The van der Waals surface area contributed by atoms with E-state index in [1.165, 1.54) is 12.8 Å². The molecule has 0 radical (unpaired) electrons. The number of carbonyl (C=O) groups excluding carboxylic acids is 1. The molecule has 2 aromatic heterocycles. The Balaban J connectivity index is 1.49. The summed E-state index contributed by atoms with van der Waals surface area (Å²) in [4.78, 5) is 21.0. The first kappa shape index (κ1) is 15.4. The second-order valence-corrected chi connectivity index (χ2v) is 8.01. The minimum atomic E-state index is -0.0192. The first-order valence-electron chi connectivity index (χ1n) is 8.67. The molecular formula is C19H24N4O. The molecule has 1 amide bonds. The van der Waals surface area contributed by atoms with Crippen molar-refractivity contribution in [3.8, 4) is 5.82 Å². The molecule has 0 saturated heterocycles. The molecule has 0 aromatic carbocycles. The number of imidazole rings is 1. The molecule has 0 unspecified atom stereocenters. The average molecular weight is 324 g/mol. The topological polar surface area (TPSA) is 59.8 Å². The highest BCUT2D eigenvalue weighted by Crippen LogP contribution is 2.65. The van der Waals surface area contributed by atoms with Crippen LogP contribution in [0.3, 0.4) is 0 Å². The van der Waals surface area contributed by atoms with Gasteiger partial charge in [-0.25, -0.2) is 9.97 Å². The van der Waals surface area contributed by atoms with Gasteiger partial charge in [0.05, 0.1) is 5.56 Å². The molecule has 2 bridgehead atoms. The van der Waals surface area contributed by atoms with Crippen molar-refractivity contribution in [2.45, 2.75) is 46.1 Å². The molecular weight excluding hydrogens is 300 g/mol. The average Bonchev–Trinajstić information content (AvgIpc) is 3.22. The van der Waals surface area contributed by atoms with Crippen molar-refractivity contribution in [1.29, 1.82) is 0 Å². The summed E-state index contributed by atoms with van der Waals surface area (Å²) in [6.45, 7) is 7.06. The third-order valence-corrected chi connectivity index (χ3v) is 6.88. The fourth-order valence-electron chi connectivity index (χ4n) is 4.73. The van der Waals surface area contributed by atoms with E-state index in [0.717, 1.165) is 18.2 Å². The highest BCUT2D eigenvalue weighted by Gasteiger charge is 2.61. The molecule has 0 aliphatic heterocycles. The Labute approximate surface area is 142 Å². The smallest absolute Gasteiger partial charge is 0.253 e. The summed E-state index contributed by atoms with van der Waals surface area (Å²) in [5, 5.41) is 3.28. The maximum atomic E-state index is 12.7. The summed E-state index contributed by atoms with van der Waals surface area (Å²) in [5.74, 6) is 1.46. The third kappa shape index (κ3) is 2.10. The van der Waals surface area contributed by atoms with Gasteiger partial charge in [0.2, 0.25) is 0 Å². The first-order valence-corrected chi connectivity index (χ1v) is 8.67. The zero-order chi connectivity index (χ0) is 16.9. The second-order valence-electron chi connectivity index (χ2n) is 8.01. The lowest BCUT2D eigenvalue weighted by atomic mass is 9.69. The van der Waals surface area contributed by atoms with Crippen molar-refractivity contribution in [2.24, 2.45) is 16.7 Å².